The Morgan fingerprint density at radius 1 is 1.23 bits per heavy atom. The van der Waals surface area contributed by atoms with Crippen molar-refractivity contribution in [2.45, 2.75) is 39.3 Å². The molecule has 0 saturated heterocycles. The molecule has 0 aliphatic rings. The highest BCUT2D eigenvalue weighted by Gasteiger charge is 2.13. The molecular weight excluding hydrogens is 276 g/mol. The van der Waals surface area contributed by atoms with Gasteiger partial charge in [-0.3, -0.25) is 9.36 Å². The lowest BCUT2D eigenvalue weighted by atomic mass is 10.1. The molecule has 0 spiro atoms. The topological polar surface area (TPSA) is 52.7 Å². The first-order valence-electron chi connectivity index (χ1n) is 7.68. The van der Waals surface area contributed by atoms with E-state index in [0.29, 0.717) is 5.39 Å². The molecule has 0 radical (unpaired) electrons. The van der Waals surface area contributed by atoms with Gasteiger partial charge in [0.25, 0.3) is 5.56 Å². The maximum atomic E-state index is 12.8. The molecule has 5 nitrogen and oxygen atoms in total. The number of rotatable bonds is 5. The molecule has 22 heavy (non-hydrogen) atoms. The van der Waals surface area contributed by atoms with Crippen molar-refractivity contribution < 1.29 is 0 Å². The minimum Gasteiger partial charge on any atom is -0.335 e. The lowest BCUT2D eigenvalue weighted by Gasteiger charge is -2.18. The molecule has 0 N–H and O–H groups in total. The van der Waals surface area contributed by atoms with Crippen LogP contribution in [0.15, 0.2) is 48.0 Å². The summed E-state index contributed by atoms with van der Waals surface area (Å²) < 4.78 is 3.75. The van der Waals surface area contributed by atoms with Crippen molar-refractivity contribution in [3.8, 4) is 0 Å². The average Bonchev–Trinajstić information content (AvgIpc) is 3.06. The van der Waals surface area contributed by atoms with E-state index in [-0.39, 0.29) is 11.6 Å². The molecule has 1 unspecified atom stereocenters. The SMILES string of the molecule is CCc1ccc2ncn(C(CC)Cn3ccnc3)c(=O)c2c1. The minimum absolute atomic E-state index is 0.0345. The molecule has 0 saturated carbocycles. The molecule has 0 fully saturated rings. The van der Waals surface area contributed by atoms with Gasteiger partial charge >= 0.3 is 0 Å². The summed E-state index contributed by atoms with van der Waals surface area (Å²) in [4.78, 5) is 21.3. The summed E-state index contributed by atoms with van der Waals surface area (Å²) in [5.41, 5.74) is 1.95. The summed E-state index contributed by atoms with van der Waals surface area (Å²) in [6.07, 6.45) is 8.88. The Labute approximate surface area is 129 Å². The van der Waals surface area contributed by atoms with E-state index >= 15 is 0 Å². The second-order valence-corrected chi connectivity index (χ2v) is 5.48. The second kappa shape index (κ2) is 6.13. The van der Waals surface area contributed by atoms with Crippen LogP contribution in [0.4, 0.5) is 0 Å². The molecule has 3 aromatic rings. The molecule has 1 atom stereocenters. The van der Waals surface area contributed by atoms with E-state index in [1.165, 1.54) is 0 Å². The zero-order valence-corrected chi connectivity index (χ0v) is 12.9. The molecule has 2 aromatic heterocycles. The van der Waals surface area contributed by atoms with Crippen LogP contribution in [-0.2, 0) is 13.0 Å². The first-order valence-corrected chi connectivity index (χ1v) is 7.68. The van der Waals surface area contributed by atoms with Gasteiger partial charge in [-0.15, -0.1) is 0 Å². The Kier molecular flexibility index (Phi) is 4.04. The van der Waals surface area contributed by atoms with Crippen LogP contribution < -0.4 is 5.56 Å². The minimum atomic E-state index is 0.0345. The maximum Gasteiger partial charge on any atom is 0.261 e. The van der Waals surface area contributed by atoms with Crippen LogP contribution in [0.25, 0.3) is 10.9 Å². The zero-order valence-electron chi connectivity index (χ0n) is 12.9. The second-order valence-electron chi connectivity index (χ2n) is 5.48. The molecule has 114 valence electrons. The number of imidazole rings is 1. The van der Waals surface area contributed by atoms with Gasteiger partial charge in [-0.05, 0) is 30.5 Å². The van der Waals surface area contributed by atoms with E-state index in [1.807, 2.05) is 29.0 Å². The van der Waals surface area contributed by atoms with Crippen molar-refractivity contribution in [2.75, 3.05) is 0 Å². The zero-order chi connectivity index (χ0) is 15.5. The fourth-order valence-electron chi connectivity index (χ4n) is 2.71. The Hall–Kier alpha value is -2.43. The third-order valence-corrected chi connectivity index (χ3v) is 4.10. The Bertz CT molecular complexity index is 820. The van der Waals surface area contributed by atoms with E-state index in [0.717, 1.165) is 30.5 Å². The summed E-state index contributed by atoms with van der Waals surface area (Å²) >= 11 is 0. The highest BCUT2D eigenvalue weighted by molar-refractivity contribution is 5.78. The smallest absolute Gasteiger partial charge is 0.261 e. The Balaban J connectivity index is 2.05. The van der Waals surface area contributed by atoms with Gasteiger partial charge in [-0.2, -0.15) is 0 Å². The van der Waals surface area contributed by atoms with Gasteiger partial charge in [0.2, 0.25) is 0 Å². The van der Waals surface area contributed by atoms with Gasteiger partial charge in [-0.25, -0.2) is 9.97 Å². The van der Waals surface area contributed by atoms with Crippen LogP contribution in [0.3, 0.4) is 0 Å². The van der Waals surface area contributed by atoms with Gasteiger partial charge in [-0.1, -0.05) is 19.9 Å². The van der Waals surface area contributed by atoms with Crippen molar-refractivity contribution in [3.05, 3.63) is 59.2 Å². The molecule has 0 aliphatic heterocycles. The Morgan fingerprint density at radius 3 is 2.77 bits per heavy atom. The average molecular weight is 296 g/mol. The first-order chi connectivity index (χ1) is 10.7. The number of aromatic nitrogens is 4. The van der Waals surface area contributed by atoms with Gasteiger partial charge < -0.3 is 4.57 Å². The van der Waals surface area contributed by atoms with Crippen LogP contribution in [0.1, 0.15) is 31.9 Å². The predicted molar refractivity (Wildman–Crippen MR) is 86.9 cm³/mol. The van der Waals surface area contributed by atoms with Crippen LogP contribution in [-0.4, -0.2) is 19.1 Å². The molecular formula is C17H20N4O. The molecule has 5 heteroatoms. The van der Waals surface area contributed by atoms with E-state index in [1.54, 1.807) is 23.4 Å². The normalized spacial score (nSPS) is 12.6. The van der Waals surface area contributed by atoms with Gasteiger partial charge in [0.05, 0.1) is 29.6 Å². The maximum absolute atomic E-state index is 12.8. The summed E-state index contributed by atoms with van der Waals surface area (Å²) in [6.45, 7) is 4.89. The number of benzene rings is 1. The third-order valence-electron chi connectivity index (χ3n) is 4.10. The highest BCUT2D eigenvalue weighted by atomic mass is 16.1. The summed E-state index contributed by atoms with van der Waals surface area (Å²) in [6, 6.07) is 5.99. The van der Waals surface area contributed by atoms with Crippen LogP contribution in [0, 0.1) is 0 Å². The van der Waals surface area contributed by atoms with Crippen LogP contribution in [0.2, 0.25) is 0 Å². The molecule has 3 rings (SSSR count). The van der Waals surface area contributed by atoms with Crippen LogP contribution in [0.5, 0.6) is 0 Å². The molecule has 0 aliphatic carbocycles. The molecule has 2 heterocycles. The number of nitrogens with zero attached hydrogens (tertiary/aromatic N) is 4. The standard InChI is InChI=1S/C17H20N4O/c1-3-13-5-6-16-15(9-13)17(22)21(12-19-16)14(4-2)10-20-8-7-18-11-20/h5-9,11-12,14H,3-4,10H2,1-2H3. The highest BCUT2D eigenvalue weighted by Crippen LogP contribution is 2.15. The molecule has 0 bridgehead atoms. The lowest BCUT2D eigenvalue weighted by Crippen LogP contribution is -2.27. The van der Waals surface area contributed by atoms with Gasteiger partial charge in [0.15, 0.2) is 0 Å². The van der Waals surface area contributed by atoms with E-state index in [4.69, 9.17) is 0 Å². The number of hydrogen-bond acceptors (Lipinski definition) is 3. The fourth-order valence-corrected chi connectivity index (χ4v) is 2.71. The summed E-state index contributed by atoms with van der Waals surface area (Å²) in [5, 5.41) is 0.700. The molecule has 0 amide bonds. The Morgan fingerprint density at radius 2 is 2.09 bits per heavy atom. The first kappa shape index (κ1) is 14.5. The number of aryl methyl sites for hydroxylation is 1. The summed E-state index contributed by atoms with van der Waals surface area (Å²) in [5.74, 6) is 0. The summed E-state index contributed by atoms with van der Waals surface area (Å²) in [7, 11) is 0. The quantitative estimate of drug-likeness (QED) is 0.727. The fraction of sp³-hybridized carbons (Fsp3) is 0.353. The van der Waals surface area contributed by atoms with E-state index in [9.17, 15) is 4.79 Å². The third kappa shape index (κ3) is 2.66. The van der Waals surface area contributed by atoms with E-state index < -0.39 is 0 Å². The van der Waals surface area contributed by atoms with Gasteiger partial charge in [0, 0.05) is 18.9 Å². The van der Waals surface area contributed by atoms with Crippen molar-refractivity contribution in [3.63, 3.8) is 0 Å². The van der Waals surface area contributed by atoms with Crippen molar-refractivity contribution in [1.29, 1.82) is 0 Å². The monoisotopic (exact) mass is 296 g/mol. The van der Waals surface area contributed by atoms with Gasteiger partial charge in [0.1, 0.15) is 0 Å². The number of hydrogen-bond donors (Lipinski definition) is 0. The molecule has 1 aromatic carbocycles. The van der Waals surface area contributed by atoms with Crippen molar-refractivity contribution in [1.82, 2.24) is 19.1 Å². The largest absolute Gasteiger partial charge is 0.335 e. The van der Waals surface area contributed by atoms with Crippen molar-refractivity contribution in [2.24, 2.45) is 0 Å². The lowest BCUT2D eigenvalue weighted by molar-refractivity contribution is 0.406. The number of fused-ring (bicyclic) bond motifs is 1. The van der Waals surface area contributed by atoms with Crippen LogP contribution >= 0.6 is 0 Å². The van der Waals surface area contributed by atoms with E-state index in [2.05, 4.69) is 23.8 Å². The van der Waals surface area contributed by atoms with Crippen molar-refractivity contribution >= 4 is 10.9 Å². The predicted octanol–water partition coefficient (Wildman–Crippen LogP) is 2.81.